The van der Waals surface area contributed by atoms with Crippen molar-refractivity contribution in [3.63, 3.8) is 0 Å². The van der Waals surface area contributed by atoms with Crippen molar-refractivity contribution < 1.29 is 23.8 Å². The molecule has 2 atom stereocenters. The Morgan fingerprint density at radius 1 is 1.20 bits per heavy atom. The number of aliphatic hydroxyl groups is 1. The molecule has 1 aromatic heterocycles. The van der Waals surface area contributed by atoms with Gasteiger partial charge < -0.3 is 25.3 Å². The second-order valence-corrected chi connectivity index (χ2v) is 6.86. The van der Waals surface area contributed by atoms with E-state index in [4.69, 9.17) is 14.9 Å². The van der Waals surface area contributed by atoms with Crippen LogP contribution in [0.5, 0.6) is 5.75 Å². The number of amides is 2. The van der Waals surface area contributed by atoms with E-state index in [0.29, 0.717) is 11.1 Å². The predicted octanol–water partition coefficient (Wildman–Crippen LogP) is 1.30. The van der Waals surface area contributed by atoms with Gasteiger partial charge >= 0.3 is 0 Å². The number of hydrogen-bond acceptors (Lipinski definition) is 6. The lowest BCUT2D eigenvalue weighted by Crippen LogP contribution is -2.50. The number of ether oxygens (including phenoxy) is 1. The Balaban J connectivity index is 1.96. The third-order valence-corrected chi connectivity index (χ3v) is 4.82. The zero-order valence-electron chi connectivity index (χ0n) is 16.5. The third-order valence-electron chi connectivity index (χ3n) is 4.82. The number of fused-ring (bicyclic) bond motifs is 1. The molecule has 8 heteroatoms. The topological polar surface area (TPSA) is 132 Å². The SMILES string of the molecule is COc1ccc2c(=O)c(C)c(C(=O)N[C@@H](Cc3ccccc3)[C@@H](O)C(N)=O)oc2c1. The maximum Gasteiger partial charge on any atom is 0.287 e. The van der Waals surface area contributed by atoms with Crippen LogP contribution < -0.4 is 21.2 Å². The monoisotopic (exact) mass is 410 g/mol. The van der Waals surface area contributed by atoms with Crippen molar-refractivity contribution in [2.45, 2.75) is 25.5 Å². The van der Waals surface area contributed by atoms with E-state index in [1.54, 1.807) is 36.4 Å². The molecule has 1 heterocycles. The second kappa shape index (κ2) is 8.79. The summed E-state index contributed by atoms with van der Waals surface area (Å²) >= 11 is 0. The molecule has 3 aromatic rings. The molecule has 30 heavy (non-hydrogen) atoms. The number of aliphatic hydroxyl groups excluding tert-OH is 1. The van der Waals surface area contributed by atoms with E-state index in [1.807, 2.05) is 6.07 Å². The predicted molar refractivity (Wildman–Crippen MR) is 110 cm³/mol. The fourth-order valence-corrected chi connectivity index (χ4v) is 3.15. The Hall–Kier alpha value is -3.65. The molecule has 0 aliphatic heterocycles. The van der Waals surface area contributed by atoms with E-state index in [1.165, 1.54) is 20.1 Å². The lowest BCUT2D eigenvalue weighted by atomic mass is 10.0. The highest BCUT2D eigenvalue weighted by Crippen LogP contribution is 2.21. The first-order valence-electron chi connectivity index (χ1n) is 9.25. The average molecular weight is 410 g/mol. The van der Waals surface area contributed by atoms with Gasteiger partial charge in [-0.25, -0.2) is 0 Å². The van der Waals surface area contributed by atoms with Gasteiger partial charge in [0.15, 0.2) is 17.3 Å². The average Bonchev–Trinajstić information content (AvgIpc) is 2.75. The zero-order valence-corrected chi connectivity index (χ0v) is 16.5. The van der Waals surface area contributed by atoms with Gasteiger partial charge in [0.2, 0.25) is 5.91 Å². The summed E-state index contributed by atoms with van der Waals surface area (Å²) in [6.45, 7) is 1.47. The van der Waals surface area contributed by atoms with Crippen LogP contribution in [0.4, 0.5) is 0 Å². The minimum Gasteiger partial charge on any atom is -0.497 e. The maximum absolute atomic E-state index is 12.9. The van der Waals surface area contributed by atoms with Gasteiger partial charge in [0, 0.05) is 11.6 Å². The summed E-state index contributed by atoms with van der Waals surface area (Å²) in [4.78, 5) is 37.1. The number of nitrogens with two attached hydrogens (primary N) is 1. The Morgan fingerprint density at radius 3 is 2.53 bits per heavy atom. The number of hydrogen-bond donors (Lipinski definition) is 3. The lowest BCUT2D eigenvalue weighted by molar-refractivity contribution is -0.127. The van der Waals surface area contributed by atoms with Crippen molar-refractivity contribution in [3.8, 4) is 5.75 Å². The van der Waals surface area contributed by atoms with Crippen LogP contribution in [0.3, 0.4) is 0 Å². The molecule has 0 radical (unpaired) electrons. The minimum absolute atomic E-state index is 0.109. The molecular weight excluding hydrogens is 388 g/mol. The van der Waals surface area contributed by atoms with Crippen LogP contribution in [0.15, 0.2) is 57.7 Å². The van der Waals surface area contributed by atoms with Crippen LogP contribution >= 0.6 is 0 Å². The first-order chi connectivity index (χ1) is 14.3. The molecule has 0 fully saturated rings. The van der Waals surface area contributed by atoms with Gasteiger partial charge in [-0.15, -0.1) is 0 Å². The van der Waals surface area contributed by atoms with Crippen molar-refractivity contribution in [1.29, 1.82) is 0 Å². The Morgan fingerprint density at radius 2 is 1.90 bits per heavy atom. The summed E-state index contributed by atoms with van der Waals surface area (Å²) < 4.78 is 10.8. The third kappa shape index (κ3) is 4.33. The summed E-state index contributed by atoms with van der Waals surface area (Å²) in [5.41, 5.74) is 5.95. The Labute approximate surface area is 172 Å². The molecule has 2 aromatic carbocycles. The van der Waals surface area contributed by atoms with E-state index in [0.717, 1.165) is 5.56 Å². The number of carbonyl (C=O) groups excluding carboxylic acids is 2. The fourth-order valence-electron chi connectivity index (χ4n) is 3.15. The molecule has 3 rings (SSSR count). The number of benzene rings is 2. The zero-order chi connectivity index (χ0) is 21.8. The highest BCUT2D eigenvalue weighted by Gasteiger charge is 2.28. The van der Waals surface area contributed by atoms with Crippen LogP contribution in [0.1, 0.15) is 21.7 Å². The fraction of sp³-hybridized carbons (Fsp3) is 0.227. The molecule has 4 N–H and O–H groups in total. The minimum atomic E-state index is -1.62. The van der Waals surface area contributed by atoms with Crippen LogP contribution in [0.25, 0.3) is 11.0 Å². The van der Waals surface area contributed by atoms with Crippen molar-refractivity contribution in [1.82, 2.24) is 5.32 Å². The largest absolute Gasteiger partial charge is 0.497 e. The van der Waals surface area contributed by atoms with Gasteiger partial charge in [-0.1, -0.05) is 30.3 Å². The normalized spacial score (nSPS) is 12.9. The van der Waals surface area contributed by atoms with Crippen molar-refractivity contribution in [2.75, 3.05) is 7.11 Å². The summed E-state index contributed by atoms with van der Waals surface area (Å²) in [5.74, 6) is -1.46. The molecule has 8 nitrogen and oxygen atoms in total. The number of rotatable bonds is 7. The first-order valence-corrected chi connectivity index (χ1v) is 9.25. The van der Waals surface area contributed by atoms with Crippen LogP contribution in [0.2, 0.25) is 0 Å². The van der Waals surface area contributed by atoms with Crippen LogP contribution in [-0.4, -0.2) is 36.2 Å². The molecule has 0 bridgehead atoms. The summed E-state index contributed by atoms with van der Waals surface area (Å²) in [5, 5.41) is 13.1. The number of nitrogens with one attached hydrogen (secondary N) is 1. The standard InChI is InChI=1S/C22H22N2O6/c1-12-18(25)15-9-8-14(29-2)11-17(15)30-20(12)22(28)24-16(19(26)21(23)27)10-13-6-4-3-5-7-13/h3-9,11,16,19,26H,10H2,1-2H3,(H2,23,27)(H,24,28)/t16-,19+/m0/s1. The van der Waals surface area contributed by atoms with Crippen molar-refractivity contribution >= 4 is 22.8 Å². The summed E-state index contributed by atoms with van der Waals surface area (Å²) in [6.07, 6.45) is -1.47. The Bertz CT molecular complexity index is 1140. The first kappa shape index (κ1) is 21.1. The molecule has 0 unspecified atom stereocenters. The summed E-state index contributed by atoms with van der Waals surface area (Å²) in [7, 11) is 1.47. The van der Waals surface area contributed by atoms with Gasteiger partial charge in [0.25, 0.3) is 5.91 Å². The molecule has 0 saturated heterocycles. The number of primary amides is 1. The lowest BCUT2D eigenvalue weighted by Gasteiger charge is -2.22. The van der Waals surface area contributed by atoms with Gasteiger partial charge in [-0.2, -0.15) is 0 Å². The summed E-state index contributed by atoms with van der Waals surface area (Å²) in [6, 6.07) is 12.7. The number of carbonyl (C=O) groups is 2. The van der Waals surface area contributed by atoms with Crippen LogP contribution in [0, 0.1) is 6.92 Å². The molecule has 0 spiro atoms. The highest BCUT2D eigenvalue weighted by atomic mass is 16.5. The van der Waals surface area contributed by atoms with E-state index in [2.05, 4.69) is 5.32 Å². The molecule has 2 amide bonds. The molecule has 0 aliphatic rings. The molecule has 0 aliphatic carbocycles. The number of methoxy groups -OCH3 is 1. The highest BCUT2D eigenvalue weighted by molar-refractivity contribution is 5.95. The van der Waals surface area contributed by atoms with Gasteiger partial charge in [-0.3, -0.25) is 14.4 Å². The quantitative estimate of drug-likeness (QED) is 0.538. The maximum atomic E-state index is 12.9. The molecule has 0 saturated carbocycles. The Kier molecular flexibility index (Phi) is 6.17. The van der Waals surface area contributed by atoms with Crippen molar-refractivity contribution in [2.24, 2.45) is 5.73 Å². The van der Waals surface area contributed by atoms with Gasteiger partial charge in [0.1, 0.15) is 11.3 Å². The van der Waals surface area contributed by atoms with E-state index >= 15 is 0 Å². The van der Waals surface area contributed by atoms with Crippen LogP contribution in [-0.2, 0) is 11.2 Å². The van der Waals surface area contributed by atoms with Gasteiger partial charge in [-0.05, 0) is 31.0 Å². The van der Waals surface area contributed by atoms with Crippen molar-refractivity contribution in [3.05, 3.63) is 75.6 Å². The van der Waals surface area contributed by atoms with E-state index in [9.17, 15) is 19.5 Å². The molecule has 156 valence electrons. The molecular formula is C22H22N2O6. The van der Waals surface area contributed by atoms with E-state index in [-0.39, 0.29) is 28.8 Å². The second-order valence-electron chi connectivity index (χ2n) is 6.86. The van der Waals surface area contributed by atoms with E-state index < -0.39 is 24.0 Å². The van der Waals surface area contributed by atoms with Gasteiger partial charge in [0.05, 0.1) is 18.5 Å². The smallest absolute Gasteiger partial charge is 0.287 e.